The number of pyridine rings is 1. The molecule has 7 heteroatoms. The third kappa shape index (κ3) is 3.41. The Kier molecular flexibility index (Phi) is 4.75. The molecule has 0 saturated heterocycles. The predicted octanol–water partition coefficient (Wildman–Crippen LogP) is 1.19. The van der Waals surface area contributed by atoms with Crippen molar-refractivity contribution < 1.29 is 9.59 Å². The Hall–Kier alpha value is -2.44. The first-order valence-corrected chi connectivity index (χ1v) is 7.27. The van der Waals surface area contributed by atoms with Gasteiger partial charge in [0.1, 0.15) is 0 Å². The van der Waals surface area contributed by atoms with Crippen LogP contribution >= 0.6 is 0 Å². The molecule has 0 fully saturated rings. The minimum absolute atomic E-state index is 0.116. The van der Waals surface area contributed by atoms with Crippen molar-refractivity contribution >= 4 is 22.8 Å². The molecule has 7 nitrogen and oxygen atoms in total. The lowest BCUT2D eigenvalue weighted by molar-refractivity contribution is -0.118. The van der Waals surface area contributed by atoms with Gasteiger partial charge in [0.05, 0.1) is 17.5 Å². The van der Waals surface area contributed by atoms with Crippen molar-refractivity contribution in [2.24, 2.45) is 0 Å². The standard InChI is InChI=1S/C15H21N5O2/c1-9(2)20-14-12(8-18-20)7-13(10(3)19-14)15(22)17-6-5-16-11(4)21/h7-9H,5-6H2,1-4H3,(H,16,21)(H,17,22). The lowest BCUT2D eigenvalue weighted by atomic mass is 10.1. The summed E-state index contributed by atoms with van der Waals surface area (Å²) in [6, 6.07) is 2.01. The van der Waals surface area contributed by atoms with Crippen molar-refractivity contribution in [1.82, 2.24) is 25.4 Å². The summed E-state index contributed by atoms with van der Waals surface area (Å²) in [5, 5.41) is 10.5. The third-order valence-corrected chi connectivity index (χ3v) is 3.28. The van der Waals surface area contributed by atoms with Gasteiger partial charge in [-0.05, 0) is 26.8 Å². The smallest absolute Gasteiger partial charge is 0.253 e. The van der Waals surface area contributed by atoms with E-state index in [1.54, 1.807) is 19.2 Å². The van der Waals surface area contributed by atoms with Gasteiger partial charge in [0.15, 0.2) is 5.65 Å². The van der Waals surface area contributed by atoms with Gasteiger partial charge in [-0.15, -0.1) is 0 Å². The molecule has 2 aromatic heterocycles. The molecule has 0 bridgehead atoms. The van der Waals surface area contributed by atoms with Crippen molar-refractivity contribution in [2.45, 2.75) is 33.7 Å². The first-order chi connectivity index (χ1) is 10.4. The molecule has 0 radical (unpaired) electrons. The molecular formula is C15H21N5O2. The van der Waals surface area contributed by atoms with Crippen LogP contribution in [0.25, 0.3) is 11.0 Å². The van der Waals surface area contributed by atoms with Gasteiger partial charge in [0.2, 0.25) is 5.91 Å². The zero-order valence-corrected chi connectivity index (χ0v) is 13.3. The number of aromatic nitrogens is 3. The zero-order valence-electron chi connectivity index (χ0n) is 13.3. The van der Waals surface area contributed by atoms with Crippen molar-refractivity contribution in [2.75, 3.05) is 13.1 Å². The Morgan fingerprint density at radius 1 is 1.27 bits per heavy atom. The molecule has 2 amide bonds. The van der Waals surface area contributed by atoms with Crippen LogP contribution in [0.3, 0.4) is 0 Å². The monoisotopic (exact) mass is 303 g/mol. The molecule has 2 N–H and O–H groups in total. The molecule has 0 aliphatic rings. The molecule has 118 valence electrons. The van der Waals surface area contributed by atoms with E-state index in [4.69, 9.17) is 0 Å². The molecule has 2 aromatic rings. The maximum atomic E-state index is 12.2. The Morgan fingerprint density at radius 2 is 1.95 bits per heavy atom. The van der Waals surface area contributed by atoms with Crippen LogP contribution in [-0.4, -0.2) is 39.7 Å². The molecule has 0 aliphatic heterocycles. The second-order valence-electron chi connectivity index (χ2n) is 5.46. The van der Waals surface area contributed by atoms with Gasteiger partial charge in [-0.2, -0.15) is 5.10 Å². The zero-order chi connectivity index (χ0) is 16.3. The topological polar surface area (TPSA) is 88.9 Å². The summed E-state index contributed by atoms with van der Waals surface area (Å²) < 4.78 is 1.83. The van der Waals surface area contributed by atoms with E-state index in [9.17, 15) is 9.59 Å². The lowest BCUT2D eigenvalue weighted by Crippen LogP contribution is -2.34. The fourth-order valence-electron chi connectivity index (χ4n) is 2.18. The summed E-state index contributed by atoms with van der Waals surface area (Å²) >= 11 is 0. The van der Waals surface area contributed by atoms with Crippen molar-refractivity contribution in [3.63, 3.8) is 0 Å². The van der Waals surface area contributed by atoms with Crippen LogP contribution in [0, 0.1) is 6.92 Å². The van der Waals surface area contributed by atoms with Gasteiger partial charge in [-0.25, -0.2) is 9.67 Å². The minimum Gasteiger partial charge on any atom is -0.355 e. The highest BCUT2D eigenvalue weighted by Gasteiger charge is 2.14. The summed E-state index contributed by atoms with van der Waals surface area (Å²) in [5.74, 6) is -0.316. The second kappa shape index (κ2) is 6.55. The lowest BCUT2D eigenvalue weighted by Gasteiger charge is -2.10. The molecule has 2 heterocycles. The number of hydrogen-bond acceptors (Lipinski definition) is 4. The molecule has 0 aromatic carbocycles. The number of rotatable bonds is 5. The molecule has 0 aliphatic carbocycles. The highest BCUT2D eigenvalue weighted by molar-refractivity contribution is 5.98. The molecule has 0 unspecified atom stereocenters. The minimum atomic E-state index is -0.199. The summed E-state index contributed by atoms with van der Waals surface area (Å²) in [6.45, 7) is 8.09. The van der Waals surface area contributed by atoms with Crippen LogP contribution in [0.5, 0.6) is 0 Å². The molecule has 0 atom stereocenters. The summed E-state index contributed by atoms with van der Waals surface area (Å²) in [4.78, 5) is 27.5. The SMILES string of the molecule is CC(=O)NCCNC(=O)c1cc2cnn(C(C)C)c2nc1C. The number of fused-ring (bicyclic) bond motifs is 1. The first-order valence-electron chi connectivity index (χ1n) is 7.27. The van der Waals surface area contributed by atoms with E-state index in [0.717, 1.165) is 11.0 Å². The van der Waals surface area contributed by atoms with E-state index in [1.165, 1.54) is 6.92 Å². The number of nitrogens with zero attached hydrogens (tertiary/aromatic N) is 3. The first kappa shape index (κ1) is 15.9. The van der Waals surface area contributed by atoms with Crippen molar-refractivity contribution in [3.8, 4) is 0 Å². The molecule has 0 spiro atoms. The molecule has 0 saturated carbocycles. The van der Waals surface area contributed by atoms with E-state index in [1.807, 2.05) is 18.5 Å². The van der Waals surface area contributed by atoms with E-state index < -0.39 is 0 Å². The maximum absolute atomic E-state index is 12.2. The highest BCUT2D eigenvalue weighted by atomic mass is 16.2. The van der Waals surface area contributed by atoms with Gasteiger partial charge >= 0.3 is 0 Å². The van der Waals surface area contributed by atoms with Gasteiger partial charge < -0.3 is 10.6 Å². The Bertz CT molecular complexity index is 705. The summed E-state index contributed by atoms with van der Waals surface area (Å²) in [7, 11) is 0. The molecule has 2 rings (SSSR count). The molecular weight excluding hydrogens is 282 g/mol. The van der Waals surface area contributed by atoms with Crippen molar-refractivity contribution in [3.05, 3.63) is 23.5 Å². The summed E-state index contributed by atoms with van der Waals surface area (Å²) in [6.07, 6.45) is 1.72. The van der Waals surface area contributed by atoms with E-state index >= 15 is 0 Å². The number of nitrogens with one attached hydrogen (secondary N) is 2. The second-order valence-corrected chi connectivity index (χ2v) is 5.46. The van der Waals surface area contributed by atoms with E-state index in [0.29, 0.717) is 24.3 Å². The normalized spacial score (nSPS) is 11.0. The number of amides is 2. The Morgan fingerprint density at radius 3 is 2.59 bits per heavy atom. The third-order valence-electron chi connectivity index (χ3n) is 3.28. The average molecular weight is 303 g/mol. The number of carbonyl (C=O) groups is 2. The fourth-order valence-corrected chi connectivity index (χ4v) is 2.18. The van der Waals surface area contributed by atoms with Gasteiger partial charge in [-0.3, -0.25) is 9.59 Å². The number of aryl methyl sites for hydroxylation is 1. The summed E-state index contributed by atoms with van der Waals surface area (Å²) in [5.41, 5.74) is 1.97. The Labute approximate surface area is 129 Å². The van der Waals surface area contributed by atoms with Crippen LogP contribution in [-0.2, 0) is 4.79 Å². The van der Waals surface area contributed by atoms with Crippen LogP contribution in [0.2, 0.25) is 0 Å². The highest BCUT2D eigenvalue weighted by Crippen LogP contribution is 2.19. The van der Waals surface area contributed by atoms with Gasteiger partial charge in [0.25, 0.3) is 5.91 Å². The Balaban J connectivity index is 2.16. The van der Waals surface area contributed by atoms with E-state index in [-0.39, 0.29) is 17.9 Å². The van der Waals surface area contributed by atoms with Gasteiger partial charge in [-0.1, -0.05) is 0 Å². The van der Waals surface area contributed by atoms with Gasteiger partial charge in [0, 0.05) is 31.4 Å². The van der Waals surface area contributed by atoms with Crippen LogP contribution in [0.15, 0.2) is 12.3 Å². The van der Waals surface area contributed by atoms with Crippen molar-refractivity contribution in [1.29, 1.82) is 0 Å². The predicted molar refractivity (Wildman–Crippen MR) is 83.7 cm³/mol. The van der Waals surface area contributed by atoms with Crippen LogP contribution in [0.4, 0.5) is 0 Å². The fraction of sp³-hybridized carbons (Fsp3) is 0.467. The largest absolute Gasteiger partial charge is 0.355 e. The maximum Gasteiger partial charge on any atom is 0.253 e. The van der Waals surface area contributed by atoms with Crippen LogP contribution in [0.1, 0.15) is 42.9 Å². The van der Waals surface area contributed by atoms with Crippen LogP contribution < -0.4 is 10.6 Å². The quantitative estimate of drug-likeness (QED) is 0.812. The number of hydrogen-bond donors (Lipinski definition) is 2. The molecule has 22 heavy (non-hydrogen) atoms. The van der Waals surface area contributed by atoms with E-state index in [2.05, 4.69) is 20.7 Å². The number of carbonyl (C=O) groups excluding carboxylic acids is 2. The average Bonchev–Trinajstić information content (AvgIpc) is 2.85.